The van der Waals surface area contributed by atoms with Crippen LogP contribution < -0.4 is 10.6 Å². The first-order chi connectivity index (χ1) is 20.7. The van der Waals surface area contributed by atoms with Crippen molar-refractivity contribution in [2.45, 2.75) is 69.1 Å². The summed E-state index contributed by atoms with van der Waals surface area (Å²) in [5, 5.41) is 49.6. The molecule has 6 atom stereocenters. The maximum atomic E-state index is 14.1. The Bertz CT molecular complexity index is 1240. The van der Waals surface area contributed by atoms with Crippen LogP contribution in [-0.2, 0) is 25.4 Å². The fraction of sp³-hybridized carbons (Fsp3) is 0.500. The van der Waals surface area contributed by atoms with Gasteiger partial charge in [-0.15, -0.1) is 0 Å². The Morgan fingerprint density at radius 1 is 1.05 bits per heavy atom. The topological polar surface area (TPSA) is 179 Å². The van der Waals surface area contributed by atoms with Crippen LogP contribution in [0.15, 0.2) is 65.8 Å². The second-order valence-corrected chi connectivity index (χ2v) is 11.4. The number of carbonyl (C=O) groups excluding carboxylic acids is 2. The summed E-state index contributed by atoms with van der Waals surface area (Å²) < 4.78 is 11.8. The molecule has 12 nitrogen and oxygen atoms in total. The summed E-state index contributed by atoms with van der Waals surface area (Å²) in [7, 11) is -1.06. The molecule has 4 rings (SSSR count). The molecule has 6 N–H and O–H groups in total. The van der Waals surface area contributed by atoms with Crippen molar-refractivity contribution >= 4 is 24.6 Å². The molecule has 2 aromatic rings. The first-order valence-corrected chi connectivity index (χ1v) is 14.5. The van der Waals surface area contributed by atoms with Gasteiger partial charge in [-0.1, -0.05) is 67.5 Å². The van der Waals surface area contributed by atoms with Crippen LogP contribution in [0, 0.1) is 5.92 Å². The number of hydrogen-bond acceptors (Lipinski definition) is 10. The smallest absolute Gasteiger partial charge is 0.402 e. The third-order valence-corrected chi connectivity index (χ3v) is 7.51. The Labute approximate surface area is 251 Å². The lowest BCUT2D eigenvalue weighted by Gasteiger charge is -2.30. The number of aliphatic hydroxyl groups excluding tert-OH is 4. The van der Waals surface area contributed by atoms with Crippen molar-refractivity contribution in [1.29, 1.82) is 0 Å². The molecule has 0 radical (unpaired) electrons. The predicted octanol–water partition coefficient (Wildman–Crippen LogP) is 0.223. The molecule has 2 aliphatic heterocycles. The van der Waals surface area contributed by atoms with Gasteiger partial charge in [0.2, 0.25) is 5.60 Å². The van der Waals surface area contributed by atoms with Crippen LogP contribution in [0.2, 0.25) is 0 Å². The van der Waals surface area contributed by atoms with Crippen LogP contribution in [-0.4, -0.2) is 101 Å². The molecule has 2 aliphatic rings. The molecular weight excluding hydrogens is 557 g/mol. The summed E-state index contributed by atoms with van der Waals surface area (Å²) in [5.41, 5.74) is 0.410. The number of nitrogens with one attached hydrogen (secondary N) is 2. The lowest BCUT2D eigenvalue weighted by molar-refractivity contribution is -0.144. The highest BCUT2D eigenvalue weighted by atomic mass is 16.7. The fourth-order valence-electron chi connectivity index (χ4n) is 5.27. The molecule has 13 heteroatoms. The molecule has 1 saturated heterocycles. The highest BCUT2D eigenvalue weighted by molar-refractivity contribution is 6.47. The van der Waals surface area contributed by atoms with Gasteiger partial charge in [0, 0.05) is 18.4 Å². The second-order valence-electron chi connectivity index (χ2n) is 11.4. The molecule has 1 fully saturated rings. The molecule has 2 amide bonds. The largest absolute Gasteiger partial charge is 0.481 e. The summed E-state index contributed by atoms with van der Waals surface area (Å²) in [6.45, 7) is 2.80. The van der Waals surface area contributed by atoms with Crippen molar-refractivity contribution in [2.75, 3.05) is 19.8 Å². The van der Waals surface area contributed by atoms with Crippen LogP contribution in [0.5, 0.6) is 0 Å². The predicted molar refractivity (Wildman–Crippen MR) is 158 cm³/mol. The van der Waals surface area contributed by atoms with Gasteiger partial charge in [0.25, 0.3) is 11.8 Å². The third kappa shape index (κ3) is 8.19. The SMILES string of the molecule is CC(C)C[C@H](NC(=O)C1(Cc2ccccc2)CC(CNC(=O)c2ccccc2)=NO1)B1OC(CO)C(C(O)C(O)CO)O1. The summed E-state index contributed by atoms with van der Waals surface area (Å²) in [4.78, 5) is 32.5. The first kappa shape index (κ1) is 32.6. The Kier molecular flexibility index (Phi) is 11.3. The Morgan fingerprint density at radius 3 is 2.35 bits per heavy atom. The summed E-state index contributed by atoms with van der Waals surface area (Å²) in [5.74, 6) is -1.38. The van der Waals surface area contributed by atoms with E-state index < -0.39 is 62.2 Å². The minimum atomic E-state index is -1.52. The van der Waals surface area contributed by atoms with Crippen molar-refractivity contribution in [3.63, 3.8) is 0 Å². The second kappa shape index (κ2) is 14.9. The molecule has 2 heterocycles. The lowest BCUT2D eigenvalue weighted by Crippen LogP contribution is -2.57. The molecule has 43 heavy (non-hydrogen) atoms. The molecule has 232 valence electrons. The number of nitrogens with zero attached hydrogens (tertiary/aromatic N) is 1. The van der Waals surface area contributed by atoms with E-state index in [1.807, 2.05) is 50.2 Å². The van der Waals surface area contributed by atoms with Gasteiger partial charge >= 0.3 is 7.12 Å². The van der Waals surface area contributed by atoms with E-state index in [0.717, 1.165) is 5.56 Å². The zero-order chi connectivity index (χ0) is 31.0. The minimum absolute atomic E-state index is 0.0895. The summed E-state index contributed by atoms with van der Waals surface area (Å²) in [6, 6.07) is 18.1. The van der Waals surface area contributed by atoms with Gasteiger partial charge in [-0.05, 0) is 30.0 Å². The normalized spacial score (nSPS) is 23.8. The van der Waals surface area contributed by atoms with Crippen molar-refractivity contribution in [2.24, 2.45) is 11.1 Å². The monoisotopic (exact) mass is 597 g/mol. The number of hydrogen-bond donors (Lipinski definition) is 6. The average molecular weight is 597 g/mol. The van der Waals surface area contributed by atoms with Crippen molar-refractivity contribution in [1.82, 2.24) is 10.6 Å². The van der Waals surface area contributed by atoms with Gasteiger partial charge in [0.05, 0.1) is 43.6 Å². The maximum Gasteiger partial charge on any atom is 0.481 e. The molecule has 2 aromatic carbocycles. The van der Waals surface area contributed by atoms with Crippen LogP contribution >= 0.6 is 0 Å². The average Bonchev–Trinajstić information content (AvgIpc) is 3.64. The molecule has 0 bridgehead atoms. The quantitative estimate of drug-likeness (QED) is 0.166. The van der Waals surface area contributed by atoms with Gasteiger partial charge in [0.1, 0.15) is 12.2 Å². The van der Waals surface area contributed by atoms with Crippen molar-refractivity contribution < 1.29 is 44.2 Å². The van der Waals surface area contributed by atoms with E-state index in [2.05, 4.69) is 15.8 Å². The van der Waals surface area contributed by atoms with E-state index in [0.29, 0.717) is 17.7 Å². The van der Waals surface area contributed by atoms with Crippen LogP contribution in [0.4, 0.5) is 0 Å². The fourth-order valence-corrected chi connectivity index (χ4v) is 5.27. The van der Waals surface area contributed by atoms with E-state index in [1.54, 1.807) is 24.3 Å². The number of amides is 2. The van der Waals surface area contributed by atoms with Crippen molar-refractivity contribution in [3.05, 3.63) is 71.8 Å². The van der Waals surface area contributed by atoms with Gasteiger partial charge < -0.3 is 45.2 Å². The van der Waals surface area contributed by atoms with Gasteiger partial charge in [-0.25, -0.2) is 0 Å². The van der Waals surface area contributed by atoms with E-state index in [-0.39, 0.29) is 31.2 Å². The third-order valence-electron chi connectivity index (χ3n) is 7.51. The van der Waals surface area contributed by atoms with Gasteiger partial charge in [-0.2, -0.15) is 0 Å². The number of carbonyl (C=O) groups is 2. The van der Waals surface area contributed by atoms with Crippen LogP contribution in [0.1, 0.15) is 42.6 Å². The van der Waals surface area contributed by atoms with Gasteiger partial charge in [-0.3, -0.25) is 9.59 Å². The molecule has 0 saturated carbocycles. The Balaban J connectivity index is 1.51. The van der Waals surface area contributed by atoms with Crippen LogP contribution in [0.3, 0.4) is 0 Å². The van der Waals surface area contributed by atoms with Crippen molar-refractivity contribution in [3.8, 4) is 0 Å². The Hall–Kier alpha value is -3.33. The van der Waals surface area contributed by atoms with E-state index in [4.69, 9.17) is 14.1 Å². The van der Waals surface area contributed by atoms with Gasteiger partial charge in [0.15, 0.2) is 0 Å². The number of aliphatic hydroxyl groups is 4. The van der Waals surface area contributed by atoms with E-state index >= 15 is 0 Å². The highest BCUT2D eigenvalue weighted by Crippen LogP contribution is 2.31. The standard InChI is InChI=1S/C30H40BN3O9/c1-19(2)13-25(31-41-24(18-36)27(42-31)26(38)23(37)17-35)33-29(40)30(14-20-9-5-3-6-10-20)15-22(34-43-30)16-32-28(39)21-11-7-4-8-12-21/h3-12,19,23-27,35-38H,13-18H2,1-2H3,(H,32,39)(H,33,40)/t23?,24?,25-,26?,27?,30?/m0/s1. The zero-order valence-corrected chi connectivity index (χ0v) is 24.3. The number of rotatable bonds is 14. The number of oxime groups is 1. The molecule has 0 aliphatic carbocycles. The van der Waals surface area contributed by atoms with E-state index in [9.17, 15) is 30.0 Å². The maximum absolute atomic E-state index is 14.1. The van der Waals surface area contributed by atoms with E-state index in [1.165, 1.54) is 0 Å². The highest BCUT2D eigenvalue weighted by Gasteiger charge is 2.52. The summed E-state index contributed by atoms with van der Waals surface area (Å²) in [6.07, 6.45) is -4.41. The lowest BCUT2D eigenvalue weighted by atomic mass is 9.73. The zero-order valence-electron chi connectivity index (χ0n) is 24.3. The Morgan fingerprint density at radius 2 is 1.72 bits per heavy atom. The van der Waals surface area contributed by atoms with Crippen LogP contribution in [0.25, 0.3) is 0 Å². The molecule has 0 spiro atoms. The molecule has 5 unspecified atom stereocenters. The minimum Gasteiger partial charge on any atom is -0.402 e. The molecular formula is C30H40BN3O9. The summed E-state index contributed by atoms with van der Waals surface area (Å²) >= 11 is 0. The number of benzene rings is 2. The molecule has 0 aromatic heterocycles. The first-order valence-electron chi connectivity index (χ1n) is 14.5.